The molecule has 4 aromatic carbocycles. The molecule has 0 aliphatic heterocycles. The zero-order valence-electron chi connectivity index (χ0n) is 25.6. The molecule has 1 aromatic heterocycles. The average Bonchev–Trinajstić information content (AvgIpc) is 3.04. The molecular weight excluding hydrogens is 643 g/mol. The van der Waals surface area contributed by atoms with Crippen LogP contribution in [0.1, 0.15) is 15.9 Å². The van der Waals surface area contributed by atoms with Crippen molar-refractivity contribution in [2.45, 2.75) is 6.92 Å². The minimum absolute atomic E-state index is 0.0815. The van der Waals surface area contributed by atoms with Crippen LogP contribution in [0.15, 0.2) is 78.9 Å². The predicted molar refractivity (Wildman–Crippen MR) is 188 cm³/mol. The normalized spacial score (nSPS) is 10.8. The first kappa shape index (κ1) is 33.1. The average molecular weight is 676 g/mol. The lowest BCUT2D eigenvalue weighted by Gasteiger charge is -2.23. The summed E-state index contributed by atoms with van der Waals surface area (Å²) in [6.45, 7) is 3.22. The number of amides is 3. The number of esters is 1. The fourth-order valence-electron chi connectivity index (χ4n) is 5.21. The van der Waals surface area contributed by atoms with Crippen LogP contribution >= 0.6 is 23.2 Å². The minimum atomic E-state index is -1.21. The molecule has 1 heterocycles. The number of rotatable bonds is 11. The van der Waals surface area contributed by atoms with Gasteiger partial charge < -0.3 is 36.1 Å². The molecule has 0 unspecified atom stereocenters. The molecule has 0 atom stereocenters. The van der Waals surface area contributed by atoms with E-state index in [0.29, 0.717) is 69.8 Å². The van der Waals surface area contributed by atoms with Gasteiger partial charge in [0, 0.05) is 70.5 Å². The van der Waals surface area contributed by atoms with Crippen molar-refractivity contribution in [2.24, 2.45) is 5.73 Å². The molecule has 0 saturated carbocycles. The van der Waals surface area contributed by atoms with Gasteiger partial charge in [-0.3, -0.25) is 0 Å². The van der Waals surface area contributed by atoms with Crippen LogP contribution in [0, 0.1) is 6.92 Å². The SMILES string of the molecule is COc1cc(NC(=O)Nc2ccc(N(CCCl)CCCl)cc2)cc(Nc2c3cccc(C)c3nc3c(C(=O)OC(N)=O)cccc23)c1. The Morgan fingerprint density at radius 3 is 2.13 bits per heavy atom. The van der Waals surface area contributed by atoms with Crippen LogP contribution in [0.5, 0.6) is 5.75 Å². The molecular formula is C34H32Cl2N6O5. The zero-order valence-corrected chi connectivity index (χ0v) is 27.1. The third-order valence-corrected chi connectivity index (χ3v) is 7.66. The number of hydrogen-bond donors (Lipinski definition) is 4. The number of methoxy groups -OCH3 is 1. The van der Waals surface area contributed by atoms with Crippen molar-refractivity contribution < 1.29 is 23.9 Å². The maximum Gasteiger partial charge on any atom is 0.412 e. The topological polar surface area (TPSA) is 148 Å². The number of pyridine rings is 1. The van der Waals surface area contributed by atoms with Gasteiger partial charge in [-0.25, -0.2) is 19.4 Å². The molecule has 13 heteroatoms. The quantitative estimate of drug-likeness (QED) is 0.0484. The van der Waals surface area contributed by atoms with Crippen LogP contribution in [0.2, 0.25) is 0 Å². The highest BCUT2D eigenvalue weighted by Gasteiger charge is 2.20. The van der Waals surface area contributed by atoms with E-state index in [9.17, 15) is 14.4 Å². The number of fused-ring (bicyclic) bond motifs is 2. The summed E-state index contributed by atoms with van der Waals surface area (Å²) in [5, 5.41) is 10.5. The predicted octanol–water partition coefficient (Wildman–Crippen LogP) is 7.61. The van der Waals surface area contributed by atoms with Gasteiger partial charge >= 0.3 is 18.1 Å². The molecule has 242 valence electrons. The van der Waals surface area contributed by atoms with Gasteiger partial charge in [0.1, 0.15) is 5.75 Å². The van der Waals surface area contributed by atoms with Crippen LogP contribution < -0.4 is 31.3 Å². The summed E-state index contributed by atoms with van der Waals surface area (Å²) < 4.78 is 10.2. The number of urea groups is 1. The van der Waals surface area contributed by atoms with Crippen LogP contribution in [0.25, 0.3) is 21.8 Å². The number of para-hydroxylation sites is 2. The van der Waals surface area contributed by atoms with E-state index in [1.54, 1.807) is 42.5 Å². The lowest BCUT2D eigenvalue weighted by molar-refractivity contribution is 0.0640. The highest BCUT2D eigenvalue weighted by molar-refractivity contribution is 6.19. The number of alkyl halides is 2. The Labute approximate surface area is 280 Å². The minimum Gasteiger partial charge on any atom is -0.497 e. The number of nitrogens with two attached hydrogens (primary N) is 1. The monoisotopic (exact) mass is 674 g/mol. The van der Waals surface area contributed by atoms with E-state index in [2.05, 4.69) is 25.6 Å². The van der Waals surface area contributed by atoms with Gasteiger partial charge in [-0.05, 0) is 48.9 Å². The van der Waals surface area contributed by atoms with E-state index in [1.165, 1.54) is 13.2 Å². The second-order valence-corrected chi connectivity index (χ2v) is 11.2. The maximum absolute atomic E-state index is 13.0. The maximum atomic E-state index is 13.0. The van der Waals surface area contributed by atoms with Crippen molar-refractivity contribution in [3.8, 4) is 5.75 Å². The Morgan fingerprint density at radius 1 is 0.830 bits per heavy atom. The van der Waals surface area contributed by atoms with Gasteiger partial charge in [-0.2, -0.15) is 0 Å². The molecule has 0 aliphatic rings. The number of nitrogens with zero attached hydrogens (tertiary/aromatic N) is 2. The fraction of sp³-hybridized carbons (Fsp3) is 0.176. The highest BCUT2D eigenvalue weighted by atomic mass is 35.5. The lowest BCUT2D eigenvalue weighted by Crippen LogP contribution is -2.27. The fourth-order valence-corrected chi connectivity index (χ4v) is 5.61. The van der Waals surface area contributed by atoms with Gasteiger partial charge in [-0.1, -0.05) is 30.3 Å². The number of aromatic nitrogens is 1. The standard InChI is InChI=1S/C34H32Cl2N6O5/c1-20-5-3-6-26-29(20)41-31-27(7-4-8-28(31)32(43)47-33(37)44)30(26)38-22-17-23(19-25(18-22)46-2)40-34(45)39-21-9-11-24(12-10-21)42(15-13-35)16-14-36/h3-12,17-19H,13-16H2,1-2H3,(H2,37,44)(H,38,41)(H2,39,40,45). The Hall–Kier alpha value is -5.26. The first-order chi connectivity index (χ1) is 22.7. The molecule has 0 radical (unpaired) electrons. The number of benzene rings is 4. The Morgan fingerprint density at radius 2 is 1.47 bits per heavy atom. The van der Waals surface area contributed by atoms with Crippen molar-refractivity contribution >= 4 is 91.5 Å². The van der Waals surface area contributed by atoms with Gasteiger partial charge in [0.05, 0.1) is 29.4 Å². The summed E-state index contributed by atoms with van der Waals surface area (Å²) in [6.07, 6.45) is -1.21. The lowest BCUT2D eigenvalue weighted by atomic mass is 10.0. The summed E-state index contributed by atoms with van der Waals surface area (Å²) in [4.78, 5) is 44.0. The first-order valence-electron chi connectivity index (χ1n) is 14.6. The van der Waals surface area contributed by atoms with E-state index < -0.39 is 18.1 Å². The molecule has 47 heavy (non-hydrogen) atoms. The Kier molecular flexibility index (Phi) is 10.5. The molecule has 5 N–H and O–H groups in total. The third-order valence-electron chi connectivity index (χ3n) is 7.32. The Bertz CT molecular complexity index is 1950. The molecule has 0 saturated heterocycles. The number of anilines is 5. The van der Waals surface area contributed by atoms with E-state index in [0.717, 1.165) is 16.6 Å². The molecule has 0 bridgehead atoms. The van der Waals surface area contributed by atoms with Crippen LogP contribution in [-0.4, -0.2) is 55.0 Å². The van der Waals surface area contributed by atoms with Gasteiger partial charge in [0.25, 0.3) is 0 Å². The van der Waals surface area contributed by atoms with Crippen molar-refractivity contribution in [1.82, 2.24) is 4.98 Å². The molecule has 0 fully saturated rings. The van der Waals surface area contributed by atoms with E-state index >= 15 is 0 Å². The second kappa shape index (κ2) is 14.9. The largest absolute Gasteiger partial charge is 0.497 e. The van der Waals surface area contributed by atoms with Gasteiger partial charge in [0.15, 0.2) is 0 Å². The van der Waals surface area contributed by atoms with Gasteiger partial charge in [0.2, 0.25) is 0 Å². The zero-order chi connectivity index (χ0) is 33.5. The smallest absolute Gasteiger partial charge is 0.412 e. The number of aryl methyl sites for hydroxylation is 1. The molecule has 5 aromatic rings. The number of primary amides is 1. The van der Waals surface area contributed by atoms with Crippen LogP contribution in [0.4, 0.5) is 38.0 Å². The number of nitrogens with one attached hydrogen (secondary N) is 3. The number of hydrogen-bond acceptors (Lipinski definition) is 8. The van der Waals surface area contributed by atoms with Crippen molar-refractivity contribution in [2.75, 3.05) is 52.8 Å². The molecule has 3 amide bonds. The third kappa shape index (κ3) is 7.76. The molecule has 0 aliphatic carbocycles. The van der Waals surface area contributed by atoms with Gasteiger partial charge in [-0.15, -0.1) is 23.2 Å². The Balaban J connectivity index is 1.45. The summed E-state index contributed by atoms with van der Waals surface area (Å²) in [6, 6.07) is 22.9. The number of halogens is 2. The number of carbonyl (C=O) groups excluding carboxylic acids is 3. The summed E-state index contributed by atoms with van der Waals surface area (Å²) >= 11 is 11.9. The second-order valence-electron chi connectivity index (χ2n) is 10.4. The first-order valence-corrected chi connectivity index (χ1v) is 15.6. The number of carbonyl (C=O) groups is 3. The number of ether oxygens (including phenoxy) is 2. The van der Waals surface area contributed by atoms with Crippen molar-refractivity contribution in [3.63, 3.8) is 0 Å². The van der Waals surface area contributed by atoms with E-state index in [4.69, 9.17) is 38.7 Å². The molecule has 11 nitrogen and oxygen atoms in total. The summed E-state index contributed by atoms with van der Waals surface area (Å²) in [7, 11) is 1.53. The molecule has 5 rings (SSSR count). The van der Waals surface area contributed by atoms with E-state index in [1.807, 2.05) is 37.3 Å². The summed E-state index contributed by atoms with van der Waals surface area (Å²) in [5.74, 6) is 0.511. The van der Waals surface area contributed by atoms with Crippen LogP contribution in [-0.2, 0) is 4.74 Å². The molecule has 0 spiro atoms. The van der Waals surface area contributed by atoms with Crippen LogP contribution in [0.3, 0.4) is 0 Å². The summed E-state index contributed by atoms with van der Waals surface area (Å²) in [5.41, 5.74) is 10.3. The van der Waals surface area contributed by atoms with Crippen molar-refractivity contribution in [3.05, 3.63) is 90.0 Å². The van der Waals surface area contributed by atoms with E-state index in [-0.39, 0.29) is 5.56 Å². The highest BCUT2D eigenvalue weighted by Crippen LogP contribution is 2.37. The van der Waals surface area contributed by atoms with Crippen molar-refractivity contribution in [1.29, 1.82) is 0 Å².